The quantitative estimate of drug-likeness (QED) is 0.887. The van der Waals surface area contributed by atoms with Crippen molar-refractivity contribution in [1.29, 1.82) is 0 Å². The fraction of sp³-hybridized carbons (Fsp3) is 0.533. The normalized spacial score (nSPS) is 18.6. The van der Waals surface area contributed by atoms with E-state index in [4.69, 9.17) is 14.2 Å². The van der Waals surface area contributed by atoms with Crippen LogP contribution in [0.4, 0.5) is 0 Å². The number of hydrogen-bond acceptors (Lipinski definition) is 5. The van der Waals surface area contributed by atoms with Gasteiger partial charge >= 0.3 is 0 Å². The van der Waals surface area contributed by atoms with Gasteiger partial charge < -0.3 is 24.4 Å². The van der Waals surface area contributed by atoms with Gasteiger partial charge in [0, 0.05) is 25.2 Å². The van der Waals surface area contributed by atoms with Crippen LogP contribution < -0.4 is 14.8 Å². The minimum absolute atomic E-state index is 0.114. The Hall–Kier alpha value is -1.79. The zero-order valence-electron chi connectivity index (χ0n) is 12.1. The third-order valence-electron chi connectivity index (χ3n) is 3.77. The third-order valence-corrected chi connectivity index (χ3v) is 3.77. The predicted molar refractivity (Wildman–Crippen MR) is 76.3 cm³/mol. The molecule has 1 aromatic rings. The van der Waals surface area contributed by atoms with E-state index in [1.807, 2.05) is 30.0 Å². The summed E-state index contributed by atoms with van der Waals surface area (Å²) in [5.74, 6) is 1.65. The van der Waals surface area contributed by atoms with Crippen LogP contribution in [0.2, 0.25) is 0 Å². The van der Waals surface area contributed by atoms with Crippen LogP contribution in [0, 0.1) is 0 Å². The number of hydrogen-bond donors (Lipinski definition) is 1. The summed E-state index contributed by atoms with van der Waals surface area (Å²) in [4.78, 5) is 14.1. The lowest BCUT2D eigenvalue weighted by Crippen LogP contribution is -2.49. The van der Waals surface area contributed by atoms with Crippen molar-refractivity contribution in [3.8, 4) is 11.5 Å². The molecule has 0 bridgehead atoms. The molecule has 114 valence electrons. The molecule has 0 spiro atoms. The van der Waals surface area contributed by atoms with Crippen molar-refractivity contribution in [2.45, 2.75) is 19.5 Å². The van der Waals surface area contributed by atoms with Crippen molar-refractivity contribution in [2.75, 3.05) is 33.1 Å². The monoisotopic (exact) mass is 292 g/mol. The second-order valence-electron chi connectivity index (χ2n) is 5.19. The van der Waals surface area contributed by atoms with Gasteiger partial charge in [0.05, 0.1) is 19.3 Å². The summed E-state index contributed by atoms with van der Waals surface area (Å²) in [6.07, 6.45) is 0. The van der Waals surface area contributed by atoms with E-state index >= 15 is 0 Å². The molecule has 21 heavy (non-hydrogen) atoms. The van der Waals surface area contributed by atoms with Gasteiger partial charge in [0.15, 0.2) is 11.5 Å². The van der Waals surface area contributed by atoms with Crippen LogP contribution in [0.3, 0.4) is 0 Å². The molecule has 0 aromatic heterocycles. The first kappa shape index (κ1) is 14.2. The summed E-state index contributed by atoms with van der Waals surface area (Å²) < 4.78 is 16.1. The summed E-state index contributed by atoms with van der Waals surface area (Å²) in [5.41, 5.74) is 1.01. The van der Waals surface area contributed by atoms with Crippen molar-refractivity contribution in [1.82, 2.24) is 10.2 Å². The van der Waals surface area contributed by atoms with Gasteiger partial charge in [-0.3, -0.25) is 4.79 Å². The highest BCUT2D eigenvalue weighted by molar-refractivity contribution is 5.81. The molecule has 2 aliphatic rings. The van der Waals surface area contributed by atoms with Crippen molar-refractivity contribution in [3.63, 3.8) is 0 Å². The number of fused-ring (bicyclic) bond motifs is 1. The topological polar surface area (TPSA) is 60.0 Å². The maximum absolute atomic E-state index is 12.3. The fourth-order valence-electron chi connectivity index (χ4n) is 2.54. The lowest BCUT2D eigenvalue weighted by atomic mass is 10.1. The molecule has 0 saturated carbocycles. The number of nitrogens with zero attached hydrogens (tertiary/aromatic N) is 1. The number of para-hydroxylation sites is 1. The molecule has 1 amide bonds. The smallest absolute Gasteiger partial charge is 0.239 e. The van der Waals surface area contributed by atoms with Crippen LogP contribution in [-0.4, -0.2) is 49.9 Å². The first-order valence-electron chi connectivity index (χ1n) is 7.23. The van der Waals surface area contributed by atoms with Gasteiger partial charge in [-0.05, 0) is 13.0 Å². The minimum Gasteiger partial charge on any atom is -0.454 e. The van der Waals surface area contributed by atoms with Gasteiger partial charge in [-0.25, -0.2) is 0 Å². The number of rotatable bonds is 4. The van der Waals surface area contributed by atoms with Crippen molar-refractivity contribution >= 4 is 5.91 Å². The fourth-order valence-corrected chi connectivity index (χ4v) is 2.54. The molecule has 1 aromatic carbocycles. The van der Waals surface area contributed by atoms with E-state index in [1.165, 1.54) is 0 Å². The van der Waals surface area contributed by atoms with E-state index in [2.05, 4.69) is 5.32 Å². The maximum atomic E-state index is 12.3. The number of carbonyl (C=O) groups excluding carboxylic acids is 1. The third kappa shape index (κ3) is 3.11. The van der Waals surface area contributed by atoms with Crippen molar-refractivity contribution in [3.05, 3.63) is 23.8 Å². The molecule has 3 rings (SSSR count). The Bertz CT molecular complexity index is 514. The zero-order valence-corrected chi connectivity index (χ0v) is 12.1. The Labute approximate surface area is 124 Å². The molecule has 6 heteroatoms. The van der Waals surface area contributed by atoms with E-state index < -0.39 is 0 Å². The second kappa shape index (κ2) is 6.32. The lowest BCUT2D eigenvalue weighted by Gasteiger charge is -2.29. The molecular weight excluding hydrogens is 272 g/mol. The highest BCUT2D eigenvalue weighted by Gasteiger charge is 2.23. The van der Waals surface area contributed by atoms with E-state index in [9.17, 15) is 4.79 Å². The second-order valence-corrected chi connectivity index (χ2v) is 5.19. The number of ether oxygens (including phenoxy) is 3. The number of nitrogens with one attached hydrogen (secondary N) is 1. The predicted octanol–water partition coefficient (Wildman–Crippen LogP) is 0.752. The number of amides is 1. The first-order valence-corrected chi connectivity index (χ1v) is 7.23. The zero-order chi connectivity index (χ0) is 14.7. The van der Waals surface area contributed by atoms with Crippen LogP contribution in [0.25, 0.3) is 0 Å². The number of carbonyl (C=O) groups is 1. The summed E-state index contributed by atoms with van der Waals surface area (Å²) in [5, 5.41) is 3.26. The molecule has 0 aliphatic carbocycles. The molecule has 1 fully saturated rings. The van der Waals surface area contributed by atoms with Crippen LogP contribution in [-0.2, 0) is 16.1 Å². The van der Waals surface area contributed by atoms with E-state index in [1.54, 1.807) is 0 Å². The Balaban J connectivity index is 1.57. The van der Waals surface area contributed by atoms with E-state index in [-0.39, 0.29) is 18.7 Å². The van der Waals surface area contributed by atoms with E-state index in [0.29, 0.717) is 32.8 Å². The Morgan fingerprint density at radius 3 is 2.95 bits per heavy atom. The highest BCUT2D eigenvalue weighted by atomic mass is 16.7. The summed E-state index contributed by atoms with van der Waals surface area (Å²) in [6, 6.07) is 5.56. The average molecular weight is 292 g/mol. The molecule has 1 N–H and O–H groups in total. The average Bonchev–Trinajstić information content (AvgIpc) is 3.02. The molecular formula is C15H20N2O4. The molecule has 0 radical (unpaired) electrons. The summed E-state index contributed by atoms with van der Waals surface area (Å²) in [7, 11) is 0. The summed E-state index contributed by atoms with van der Waals surface area (Å²) in [6.45, 7) is 5.30. The van der Waals surface area contributed by atoms with Gasteiger partial charge in [-0.15, -0.1) is 0 Å². The van der Waals surface area contributed by atoms with Crippen LogP contribution in [0.15, 0.2) is 18.2 Å². The first-order chi connectivity index (χ1) is 10.3. The van der Waals surface area contributed by atoms with Crippen LogP contribution >= 0.6 is 0 Å². The standard InChI is InChI=1S/C15H20N2O4/c1-11(15(18)17-5-7-19-8-6-17)16-9-12-3-2-4-13-14(12)21-10-20-13/h2-4,11,16H,5-10H2,1H3. The SMILES string of the molecule is CC(NCc1cccc2c1OCO2)C(=O)N1CCOCC1. The van der Waals surface area contributed by atoms with E-state index in [0.717, 1.165) is 17.1 Å². The van der Waals surface area contributed by atoms with Gasteiger partial charge in [-0.1, -0.05) is 12.1 Å². The van der Waals surface area contributed by atoms with Gasteiger partial charge in [0.2, 0.25) is 12.7 Å². The molecule has 1 unspecified atom stereocenters. The van der Waals surface area contributed by atoms with Gasteiger partial charge in [0.25, 0.3) is 0 Å². The molecule has 6 nitrogen and oxygen atoms in total. The molecule has 2 aliphatic heterocycles. The Morgan fingerprint density at radius 2 is 2.14 bits per heavy atom. The van der Waals surface area contributed by atoms with Crippen molar-refractivity contribution in [2.24, 2.45) is 0 Å². The maximum Gasteiger partial charge on any atom is 0.239 e. The number of morpholine rings is 1. The van der Waals surface area contributed by atoms with Gasteiger partial charge in [-0.2, -0.15) is 0 Å². The minimum atomic E-state index is -0.235. The van der Waals surface area contributed by atoms with Crippen molar-refractivity contribution < 1.29 is 19.0 Å². The van der Waals surface area contributed by atoms with Crippen LogP contribution in [0.1, 0.15) is 12.5 Å². The summed E-state index contributed by atoms with van der Waals surface area (Å²) >= 11 is 0. The Morgan fingerprint density at radius 1 is 1.33 bits per heavy atom. The number of benzene rings is 1. The van der Waals surface area contributed by atoms with Gasteiger partial charge in [0.1, 0.15) is 0 Å². The highest BCUT2D eigenvalue weighted by Crippen LogP contribution is 2.35. The van der Waals surface area contributed by atoms with Crippen LogP contribution in [0.5, 0.6) is 11.5 Å². The Kier molecular flexibility index (Phi) is 4.26. The molecule has 1 saturated heterocycles. The molecule has 2 heterocycles. The largest absolute Gasteiger partial charge is 0.454 e. The lowest BCUT2D eigenvalue weighted by molar-refractivity contribution is -0.137. The molecule has 1 atom stereocenters.